The molecule has 0 saturated carbocycles. The minimum atomic E-state index is 0.0887. The van der Waals surface area contributed by atoms with Gasteiger partial charge in [-0.1, -0.05) is 31.2 Å². The fourth-order valence-corrected chi connectivity index (χ4v) is 2.07. The van der Waals surface area contributed by atoms with Gasteiger partial charge in [0.2, 0.25) is 0 Å². The predicted molar refractivity (Wildman–Crippen MR) is 93.6 cm³/mol. The third-order valence-electron chi connectivity index (χ3n) is 3.39. The van der Waals surface area contributed by atoms with Gasteiger partial charge in [-0.05, 0) is 30.7 Å². The van der Waals surface area contributed by atoms with E-state index in [-0.39, 0.29) is 6.10 Å². The number of nitrogens with zero attached hydrogens (tertiary/aromatic N) is 2. The molecule has 23 heavy (non-hydrogen) atoms. The molecule has 1 unspecified atom stereocenters. The fraction of sp³-hybridized carbons (Fsp3) is 0.333. The van der Waals surface area contributed by atoms with Crippen molar-refractivity contribution in [3.8, 4) is 5.75 Å². The number of aromatic nitrogens is 1. The number of nitrogens with one attached hydrogen (secondary N) is 2. The first-order valence-corrected chi connectivity index (χ1v) is 7.88. The molecule has 1 aromatic heterocycles. The summed E-state index contributed by atoms with van der Waals surface area (Å²) in [6.45, 7) is 3.43. The lowest BCUT2D eigenvalue weighted by atomic mass is 10.2. The van der Waals surface area contributed by atoms with Crippen LogP contribution in [-0.4, -0.2) is 30.6 Å². The summed E-state index contributed by atoms with van der Waals surface area (Å²) in [5.41, 5.74) is 0.975. The molecule has 5 nitrogen and oxygen atoms in total. The van der Waals surface area contributed by atoms with Crippen LogP contribution in [-0.2, 0) is 6.54 Å². The van der Waals surface area contributed by atoms with E-state index in [2.05, 4.69) is 27.5 Å². The number of aliphatic imine (C=N–C) groups is 1. The molecule has 0 bridgehead atoms. The molecule has 0 saturated heterocycles. The number of guanidine groups is 1. The van der Waals surface area contributed by atoms with E-state index in [0.717, 1.165) is 23.8 Å². The molecule has 5 heteroatoms. The number of ether oxygens (including phenoxy) is 1. The first-order chi connectivity index (χ1) is 11.3. The van der Waals surface area contributed by atoms with Crippen molar-refractivity contribution in [1.82, 2.24) is 15.6 Å². The van der Waals surface area contributed by atoms with Crippen LogP contribution in [0.4, 0.5) is 0 Å². The molecule has 2 rings (SSSR count). The van der Waals surface area contributed by atoms with Gasteiger partial charge in [0.25, 0.3) is 0 Å². The monoisotopic (exact) mass is 312 g/mol. The van der Waals surface area contributed by atoms with E-state index in [1.54, 1.807) is 13.2 Å². The van der Waals surface area contributed by atoms with Crippen molar-refractivity contribution in [3.63, 3.8) is 0 Å². The van der Waals surface area contributed by atoms with Gasteiger partial charge in [-0.3, -0.25) is 9.98 Å². The Bertz CT molecular complexity index is 586. The maximum absolute atomic E-state index is 5.96. The van der Waals surface area contributed by atoms with E-state index in [1.165, 1.54) is 0 Å². The van der Waals surface area contributed by atoms with E-state index < -0.39 is 0 Å². The number of rotatable bonds is 7. The number of pyridine rings is 1. The van der Waals surface area contributed by atoms with Crippen molar-refractivity contribution >= 4 is 5.96 Å². The minimum Gasteiger partial charge on any atom is -0.489 e. The normalized spacial score (nSPS) is 12.5. The van der Waals surface area contributed by atoms with Crippen molar-refractivity contribution in [3.05, 3.63) is 60.4 Å². The highest BCUT2D eigenvalue weighted by atomic mass is 16.5. The van der Waals surface area contributed by atoms with Crippen molar-refractivity contribution in [2.75, 3.05) is 13.6 Å². The molecule has 2 aromatic rings. The highest BCUT2D eigenvalue weighted by Crippen LogP contribution is 2.11. The van der Waals surface area contributed by atoms with Crippen LogP contribution in [0.25, 0.3) is 0 Å². The van der Waals surface area contributed by atoms with E-state index in [1.807, 2.05) is 48.5 Å². The highest BCUT2D eigenvalue weighted by molar-refractivity contribution is 5.79. The quantitative estimate of drug-likeness (QED) is 0.609. The maximum Gasteiger partial charge on any atom is 0.191 e. The van der Waals surface area contributed by atoms with Gasteiger partial charge in [-0.2, -0.15) is 0 Å². The zero-order valence-corrected chi connectivity index (χ0v) is 13.7. The Balaban J connectivity index is 1.79. The van der Waals surface area contributed by atoms with E-state index in [0.29, 0.717) is 13.1 Å². The smallest absolute Gasteiger partial charge is 0.191 e. The molecule has 0 fully saturated rings. The zero-order chi connectivity index (χ0) is 16.3. The Hall–Kier alpha value is -2.56. The molecule has 0 amide bonds. The summed E-state index contributed by atoms with van der Waals surface area (Å²) in [6, 6.07) is 15.7. The predicted octanol–water partition coefficient (Wildman–Crippen LogP) is 2.60. The first-order valence-electron chi connectivity index (χ1n) is 7.88. The van der Waals surface area contributed by atoms with Crippen LogP contribution in [0.1, 0.15) is 19.0 Å². The van der Waals surface area contributed by atoms with Gasteiger partial charge in [-0.15, -0.1) is 0 Å². The van der Waals surface area contributed by atoms with Gasteiger partial charge >= 0.3 is 0 Å². The molecular formula is C18H24N4O. The first kappa shape index (κ1) is 16.8. The van der Waals surface area contributed by atoms with Gasteiger partial charge in [0.15, 0.2) is 5.96 Å². The lowest BCUT2D eigenvalue weighted by molar-refractivity contribution is 0.199. The second-order valence-corrected chi connectivity index (χ2v) is 5.09. The molecule has 1 aromatic carbocycles. The SMILES string of the molecule is CCC(CNC(=NC)NCc1ccccn1)Oc1ccccc1. The summed E-state index contributed by atoms with van der Waals surface area (Å²) < 4.78 is 5.96. The Morgan fingerprint density at radius 1 is 1.13 bits per heavy atom. The Labute approximate surface area is 137 Å². The molecule has 0 aliphatic rings. The van der Waals surface area contributed by atoms with E-state index >= 15 is 0 Å². The number of para-hydroxylation sites is 1. The van der Waals surface area contributed by atoms with Gasteiger partial charge in [0.1, 0.15) is 11.9 Å². The molecule has 1 heterocycles. The average molecular weight is 312 g/mol. The number of benzene rings is 1. The minimum absolute atomic E-state index is 0.0887. The highest BCUT2D eigenvalue weighted by Gasteiger charge is 2.09. The second kappa shape index (κ2) is 9.46. The molecule has 1 atom stereocenters. The van der Waals surface area contributed by atoms with E-state index in [4.69, 9.17) is 4.74 Å². The van der Waals surface area contributed by atoms with E-state index in [9.17, 15) is 0 Å². The van der Waals surface area contributed by atoms with Gasteiger partial charge < -0.3 is 15.4 Å². The third kappa shape index (κ3) is 5.98. The molecular weight excluding hydrogens is 288 g/mol. The lowest BCUT2D eigenvalue weighted by Crippen LogP contribution is -2.42. The topological polar surface area (TPSA) is 58.5 Å². The molecule has 122 valence electrons. The molecule has 0 aliphatic heterocycles. The number of hydrogen-bond donors (Lipinski definition) is 2. The lowest BCUT2D eigenvalue weighted by Gasteiger charge is -2.19. The van der Waals surface area contributed by atoms with Gasteiger partial charge in [0, 0.05) is 13.2 Å². The summed E-state index contributed by atoms with van der Waals surface area (Å²) in [5, 5.41) is 6.55. The van der Waals surface area contributed by atoms with Crippen molar-refractivity contribution in [2.24, 2.45) is 4.99 Å². The largest absolute Gasteiger partial charge is 0.489 e. The van der Waals surface area contributed by atoms with Crippen molar-refractivity contribution < 1.29 is 4.74 Å². The van der Waals surface area contributed by atoms with Crippen LogP contribution in [0.5, 0.6) is 5.75 Å². The Morgan fingerprint density at radius 3 is 2.57 bits per heavy atom. The van der Waals surface area contributed by atoms with Crippen LogP contribution in [0, 0.1) is 0 Å². The maximum atomic E-state index is 5.96. The Kier molecular flexibility index (Phi) is 6.91. The second-order valence-electron chi connectivity index (χ2n) is 5.09. The summed E-state index contributed by atoms with van der Waals surface area (Å²) in [6.07, 6.45) is 2.79. The van der Waals surface area contributed by atoms with Crippen molar-refractivity contribution in [2.45, 2.75) is 26.0 Å². The van der Waals surface area contributed by atoms with Crippen LogP contribution in [0.2, 0.25) is 0 Å². The van der Waals surface area contributed by atoms with Gasteiger partial charge in [-0.25, -0.2) is 0 Å². The van der Waals surface area contributed by atoms with Gasteiger partial charge in [0.05, 0.1) is 18.8 Å². The standard InChI is InChI=1S/C18H24N4O/c1-3-16(23-17-10-5-4-6-11-17)14-22-18(19-2)21-13-15-9-7-8-12-20-15/h4-12,16H,3,13-14H2,1-2H3,(H2,19,21,22). The average Bonchev–Trinajstić information content (AvgIpc) is 2.62. The van der Waals surface area contributed by atoms with Crippen LogP contribution >= 0.6 is 0 Å². The summed E-state index contributed by atoms with van der Waals surface area (Å²) >= 11 is 0. The van der Waals surface area contributed by atoms with Crippen LogP contribution < -0.4 is 15.4 Å². The molecule has 0 aliphatic carbocycles. The fourth-order valence-electron chi connectivity index (χ4n) is 2.07. The Morgan fingerprint density at radius 2 is 1.91 bits per heavy atom. The van der Waals surface area contributed by atoms with Crippen LogP contribution in [0.3, 0.4) is 0 Å². The molecule has 2 N–H and O–H groups in total. The number of hydrogen-bond acceptors (Lipinski definition) is 3. The molecule has 0 radical (unpaired) electrons. The molecule has 0 spiro atoms. The zero-order valence-electron chi connectivity index (χ0n) is 13.7. The summed E-state index contributed by atoms with van der Waals surface area (Å²) in [5.74, 6) is 1.63. The summed E-state index contributed by atoms with van der Waals surface area (Å²) in [7, 11) is 1.76. The summed E-state index contributed by atoms with van der Waals surface area (Å²) in [4.78, 5) is 8.51. The van der Waals surface area contributed by atoms with Crippen molar-refractivity contribution in [1.29, 1.82) is 0 Å². The third-order valence-corrected chi connectivity index (χ3v) is 3.39. The van der Waals surface area contributed by atoms with Crippen LogP contribution in [0.15, 0.2) is 59.7 Å².